The molecule has 6 nitrogen and oxygen atoms in total. The number of sulfone groups is 1. The number of carbonyl (C=O) groups is 2. The highest BCUT2D eigenvalue weighted by molar-refractivity contribution is 7.90. The van der Waals surface area contributed by atoms with Gasteiger partial charge in [-0.15, -0.1) is 0 Å². The van der Waals surface area contributed by atoms with Crippen molar-refractivity contribution >= 4 is 21.7 Å². The standard InChI is InChI=1S/C15H21NO5S/c1-10(2)15(3,9-13(17)18)16-14(19)11-5-7-12(8-6-11)22(4,20)21/h5-8,10H,9H2,1-4H3,(H,16,19)(H,17,18). The van der Waals surface area contributed by atoms with E-state index in [1.165, 1.54) is 24.3 Å². The molecule has 1 unspecified atom stereocenters. The third kappa shape index (κ3) is 4.56. The van der Waals surface area contributed by atoms with Crippen LogP contribution in [0, 0.1) is 5.92 Å². The molecule has 0 aliphatic carbocycles. The number of hydrogen-bond donors (Lipinski definition) is 2. The second kappa shape index (κ2) is 6.48. The van der Waals surface area contributed by atoms with Crippen LogP contribution in [0.5, 0.6) is 0 Å². The van der Waals surface area contributed by atoms with Gasteiger partial charge in [0.25, 0.3) is 5.91 Å². The summed E-state index contributed by atoms with van der Waals surface area (Å²) in [5.74, 6) is -1.51. The van der Waals surface area contributed by atoms with Crippen molar-refractivity contribution in [2.24, 2.45) is 5.92 Å². The first-order chi connectivity index (χ1) is 9.95. The molecule has 1 amide bonds. The quantitative estimate of drug-likeness (QED) is 0.828. The summed E-state index contributed by atoms with van der Waals surface area (Å²) in [5, 5.41) is 11.7. The Morgan fingerprint density at radius 3 is 2.09 bits per heavy atom. The van der Waals surface area contributed by atoms with E-state index in [2.05, 4.69) is 5.32 Å². The van der Waals surface area contributed by atoms with Gasteiger partial charge in [0, 0.05) is 11.8 Å². The Kier molecular flexibility index (Phi) is 5.35. The van der Waals surface area contributed by atoms with Gasteiger partial charge in [-0.05, 0) is 37.1 Å². The lowest BCUT2D eigenvalue weighted by molar-refractivity contribution is -0.138. The molecule has 0 saturated carbocycles. The van der Waals surface area contributed by atoms with Crippen molar-refractivity contribution in [1.29, 1.82) is 0 Å². The average molecular weight is 327 g/mol. The number of rotatable bonds is 6. The molecule has 1 aromatic rings. The molecule has 22 heavy (non-hydrogen) atoms. The zero-order valence-electron chi connectivity index (χ0n) is 13.1. The summed E-state index contributed by atoms with van der Waals surface area (Å²) in [6.45, 7) is 5.33. The smallest absolute Gasteiger partial charge is 0.305 e. The molecule has 1 aromatic carbocycles. The zero-order chi connectivity index (χ0) is 17.1. The highest BCUT2D eigenvalue weighted by Crippen LogP contribution is 2.22. The summed E-state index contributed by atoms with van der Waals surface area (Å²) in [4.78, 5) is 23.4. The van der Waals surface area contributed by atoms with Crippen LogP contribution in [-0.4, -0.2) is 37.2 Å². The molecule has 0 aliphatic rings. The molecule has 0 spiro atoms. The maximum Gasteiger partial charge on any atom is 0.305 e. The molecule has 0 aliphatic heterocycles. The minimum Gasteiger partial charge on any atom is -0.481 e. The lowest BCUT2D eigenvalue weighted by Gasteiger charge is -2.33. The van der Waals surface area contributed by atoms with Crippen LogP contribution >= 0.6 is 0 Å². The molecule has 1 atom stereocenters. The Bertz CT molecular complexity index is 664. The van der Waals surface area contributed by atoms with Gasteiger partial charge in [0.2, 0.25) is 0 Å². The van der Waals surface area contributed by atoms with E-state index in [0.717, 1.165) is 6.26 Å². The fourth-order valence-electron chi connectivity index (χ4n) is 1.89. The van der Waals surface area contributed by atoms with Crippen LogP contribution in [0.25, 0.3) is 0 Å². The van der Waals surface area contributed by atoms with Crippen molar-refractivity contribution in [2.45, 2.75) is 37.6 Å². The maximum atomic E-state index is 12.3. The molecule has 0 saturated heterocycles. The van der Waals surface area contributed by atoms with Crippen LogP contribution < -0.4 is 5.32 Å². The lowest BCUT2D eigenvalue weighted by Crippen LogP contribution is -2.51. The van der Waals surface area contributed by atoms with Gasteiger partial charge in [-0.1, -0.05) is 13.8 Å². The Hall–Kier alpha value is -1.89. The van der Waals surface area contributed by atoms with Crippen LogP contribution in [0.4, 0.5) is 0 Å². The normalized spacial score (nSPS) is 14.4. The minimum absolute atomic E-state index is 0.0807. The van der Waals surface area contributed by atoms with E-state index >= 15 is 0 Å². The van der Waals surface area contributed by atoms with Gasteiger partial charge in [0.05, 0.1) is 16.9 Å². The van der Waals surface area contributed by atoms with Crippen molar-refractivity contribution in [2.75, 3.05) is 6.26 Å². The van der Waals surface area contributed by atoms with Gasteiger partial charge < -0.3 is 10.4 Å². The van der Waals surface area contributed by atoms with Crippen molar-refractivity contribution in [3.05, 3.63) is 29.8 Å². The Morgan fingerprint density at radius 2 is 1.73 bits per heavy atom. The van der Waals surface area contributed by atoms with Gasteiger partial charge in [-0.25, -0.2) is 8.42 Å². The first kappa shape index (κ1) is 18.2. The predicted molar refractivity (Wildman–Crippen MR) is 82.5 cm³/mol. The topological polar surface area (TPSA) is 101 Å². The van der Waals surface area contributed by atoms with E-state index in [9.17, 15) is 18.0 Å². The molecule has 0 heterocycles. The molecular formula is C15H21NO5S. The van der Waals surface area contributed by atoms with Gasteiger partial charge >= 0.3 is 5.97 Å². The molecule has 0 fully saturated rings. The minimum atomic E-state index is -3.32. The summed E-state index contributed by atoms with van der Waals surface area (Å²) in [6.07, 6.45) is 0.891. The van der Waals surface area contributed by atoms with Crippen molar-refractivity contribution in [1.82, 2.24) is 5.32 Å². The molecule has 0 bridgehead atoms. The summed E-state index contributed by atoms with van der Waals surface area (Å²) >= 11 is 0. The molecule has 2 N–H and O–H groups in total. The lowest BCUT2D eigenvalue weighted by atomic mass is 9.85. The molecular weight excluding hydrogens is 306 g/mol. The third-order valence-electron chi connectivity index (χ3n) is 3.74. The summed E-state index contributed by atoms with van der Waals surface area (Å²) in [7, 11) is -3.32. The predicted octanol–water partition coefficient (Wildman–Crippen LogP) is 1.71. The maximum absolute atomic E-state index is 12.3. The summed E-state index contributed by atoms with van der Waals surface area (Å²) < 4.78 is 22.8. The van der Waals surface area contributed by atoms with E-state index in [-0.39, 0.29) is 22.8 Å². The van der Waals surface area contributed by atoms with Crippen LogP contribution in [0.1, 0.15) is 37.6 Å². The molecule has 122 valence electrons. The van der Waals surface area contributed by atoms with Crippen LogP contribution in [0.2, 0.25) is 0 Å². The third-order valence-corrected chi connectivity index (χ3v) is 4.86. The second-order valence-corrected chi connectivity index (χ2v) is 7.91. The van der Waals surface area contributed by atoms with E-state index in [4.69, 9.17) is 5.11 Å². The van der Waals surface area contributed by atoms with E-state index in [1.54, 1.807) is 6.92 Å². The van der Waals surface area contributed by atoms with E-state index in [1.807, 2.05) is 13.8 Å². The van der Waals surface area contributed by atoms with Gasteiger partial charge in [-0.3, -0.25) is 9.59 Å². The zero-order valence-corrected chi connectivity index (χ0v) is 13.9. The van der Waals surface area contributed by atoms with E-state index in [0.29, 0.717) is 0 Å². The van der Waals surface area contributed by atoms with Crippen molar-refractivity contribution < 1.29 is 23.1 Å². The molecule has 1 rings (SSSR count). The number of aliphatic carboxylic acids is 1. The average Bonchev–Trinajstić information content (AvgIpc) is 2.36. The first-order valence-electron chi connectivity index (χ1n) is 6.80. The van der Waals surface area contributed by atoms with Gasteiger partial charge in [0.15, 0.2) is 9.84 Å². The van der Waals surface area contributed by atoms with Crippen molar-refractivity contribution in [3.63, 3.8) is 0 Å². The number of carboxylic acids is 1. The SMILES string of the molecule is CC(C)C(C)(CC(=O)O)NC(=O)c1ccc(S(C)(=O)=O)cc1. The Labute approximate surface area is 130 Å². The highest BCUT2D eigenvalue weighted by Gasteiger charge is 2.33. The van der Waals surface area contributed by atoms with Crippen molar-refractivity contribution in [3.8, 4) is 0 Å². The number of nitrogens with one attached hydrogen (secondary N) is 1. The largest absolute Gasteiger partial charge is 0.481 e. The van der Waals surface area contributed by atoms with Crippen LogP contribution in [-0.2, 0) is 14.6 Å². The second-order valence-electron chi connectivity index (χ2n) is 5.89. The number of carboxylic acid groups (broad SMARTS) is 1. The fraction of sp³-hybridized carbons (Fsp3) is 0.467. The van der Waals surface area contributed by atoms with Gasteiger partial charge in [-0.2, -0.15) is 0 Å². The number of carbonyl (C=O) groups excluding carboxylic acids is 1. The highest BCUT2D eigenvalue weighted by atomic mass is 32.2. The summed E-state index contributed by atoms with van der Waals surface area (Å²) in [6, 6.07) is 5.53. The molecule has 0 aromatic heterocycles. The van der Waals surface area contributed by atoms with E-state index < -0.39 is 27.3 Å². The number of benzene rings is 1. The molecule has 0 radical (unpaired) electrons. The Morgan fingerprint density at radius 1 is 1.23 bits per heavy atom. The first-order valence-corrected chi connectivity index (χ1v) is 8.69. The van der Waals surface area contributed by atoms with Crippen LogP contribution in [0.15, 0.2) is 29.2 Å². The van der Waals surface area contributed by atoms with Gasteiger partial charge in [0.1, 0.15) is 0 Å². The number of hydrogen-bond acceptors (Lipinski definition) is 4. The summed E-state index contributed by atoms with van der Waals surface area (Å²) in [5.41, 5.74) is -0.608. The fourth-order valence-corrected chi connectivity index (χ4v) is 2.52. The van der Waals surface area contributed by atoms with Crippen LogP contribution in [0.3, 0.4) is 0 Å². The number of amides is 1. The molecule has 7 heteroatoms. The monoisotopic (exact) mass is 327 g/mol. The Balaban J connectivity index is 2.98.